The summed E-state index contributed by atoms with van der Waals surface area (Å²) in [5, 5.41) is 20.3. The predicted octanol–water partition coefficient (Wildman–Crippen LogP) is 8.08. The molecule has 4 heteroatoms. The third kappa shape index (κ3) is 24.9. The summed E-state index contributed by atoms with van der Waals surface area (Å²) in [6.45, 7) is 4.51. The first-order valence-electron chi connectivity index (χ1n) is 14.3. The summed E-state index contributed by atoms with van der Waals surface area (Å²) in [4.78, 5) is 0. The molecule has 194 valence electrons. The molecule has 0 amide bonds. The molecule has 0 spiro atoms. The van der Waals surface area contributed by atoms with Crippen molar-refractivity contribution in [3.63, 3.8) is 0 Å². The van der Waals surface area contributed by atoms with E-state index in [4.69, 9.17) is 0 Å². The topological polar surface area (TPSA) is 63.5 Å². The molecule has 0 heterocycles. The van der Waals surface area contributed by atoms with E-state index in [0.29, 0.717) is 11.5 Å². The van der Waals surface area contributed by atoms with Crippen molar-refractivity contribution in [1.29, 1.82) is 0 Å². The van der Waals surface area contributed by atoms with Crippen molar-refractivity contribution < 1.29 is 14.8 Å². The van der Waals surface area contributed by atoms with Crippen molar-refractivity contribution >= 4 is 11.2 Å². The summed E-state index contributed by atoms with van der Waals surface area (Å²) in [7, 11) is 0. The number of hydrogen-bond acceptors (Lipinski definition) is 3. The first-order chi connectivity index (χ1) is 15.6. The Hall–Kier alpha value is 0.230. The molecule has 0 radical (unpaired) electrons. The fourth-order valence-electron chi connectivity index (χ4n) is 4.40. The highest BCUT2D eigenvalue weighted by Crippen LogP contribution is 2.15. The molecule has 0 fully saturated rings. The standard InChI is InChI=1S/C28H58O3S/c1-3-5-7-9-11-13-15-17-19-21-23-27(29)25-32(31)26-28(30)24-22-20-18-16-14-12-10-8-6-4-2/h27-30H,3-26H2,1-2H3. The lowest BCUT2D eigenvalue weighted by Gasteiger charge is -2.18. The van der Waals surface area contributed by atoms with Crippen LogP contribution in [0.4, 0.5) is 0 Å². The van der Waals surface area contributed by atoms with E-state index < -0.39 is 23.4 Å². The van der Waals surface area contributed by atoms with E-state index >= 15 is 0 Å². The fourth-order valence-corrected chi connectivity index (χ4v) is 5.73. The zero-order valence-electron chi connectivity index (χ0n) is 21.8. The molecule has 0 bridgehead atoms. The van der Waals surface area contributed by atoms with Gasteiger partial charge in [0, 0.05) is 0 Å². The Bertz CT molecular complexity index is 322. The van der Waals surface area contributed by atoms with Crippen LogP contribution in [0.5, 0.6) is 0 Å². The molecule has 2 N–H and O–H groups in total. The summed E-state index contributed by atoms with van der Waals surface area (Å²) >= 11 is -1.11. The third-order valence-electron chi connectivity index (χ3n) is 6.54. The molecule has 0 aliphatic rings. The molecular weight excluding hydrogens is 416 g/mol. The summed E-state index contributed by atoms with van der Waals surface area (Å²) in [5.74, 6) is 0.652. The van der Waals surface area contributed by atoms with Gasteiger partial charge in [0.2, 0.25) is 0 Å². The minimum Gasteiger partial charge on any atom is -0.616 e. The SMILES string of the molecule is CCCCCCCCCCCCC(O)C[S+]([O-])CC(O)CCCCCCCCCCCC. The summed E-state index contributed by atoms with van der Waals surface area (Å²) in [6, 6.07) is 0. The lowest BCUT2D eigenvalue weighted by atomic mass is 10.0. The van der Waals surface area contributed by atoms with Crippen LogP contribution >= 0.6 is 0 Å². The Balaban J connectivity index is 3.44. The van der Waals surface area contributed by atoms with Crippen LogP contribution in [0.15, 0.2) is 0 Å². The van der Waals surface area contributed by atoms with Crippen molar-refractivity contribution in [3.05, 3.63) is 0 Å². The monoisotopic (exact) mass is 474 g/mol. The van der Waals surface area contributed by atoms with E-state index in [1.807, 2.05) is 0 Å². The zero-order chi connectivity index (χ0) is 23.7. The molecule has 0 rings (SSSR count). The molecule has 0 aromatic rings. The van der Waals surface area contributed by atoms with Crippen molar-refractivity contribution in [1.82, 2.24) is 0 Å². The smallest absolute Gasteiger partial charge is 0.131 e. The van der Waals surface area contributed by atoms with Crippen LogP contribution in [0.1, 0.15) is 155 Å². The Morgan fingerprint density at radius 1 is 0.469 bits per heavy atom. The molecule has 3 nitrogen and oxygen atoms in total. The normalized spacial score (nSPS) is 14.5. The molecule has 0 saturated heterocycles. The molecule has 0 aromatic carbocycles. The number of rotatable bonds is 26. The van der Waals surface area contributed by atoms with E-state index in [2.05, 4.69) is 13.8 Å². The molecule has 0 aliphatic heterocycles. The van der Waals surface area contributed by atoms with Gasteiger partial charge >= 0.3 is 0 Å². The molecule has 0 saturated carbocycles. The second kappa shape index (κ2) is 25.8. The maximum Gasteiger partial charge on any atom is 0.131 e. The van der Waals surface area contributed by atoms with Crippen molar-refractivity contribution in [2.45, 2.75) is 167 Å². The summed E-state index contributed by atoms with van der Waals surface area (Å²) < 4.78 is 12.2. The van der Waals surface area contributed by atoms with Crippen LogP contribution < -0.4 is 0 Å². The minimum absolute atomic E-state index is 0.326. The molecule has 0 aromatic heterocycles. The Morgan fingerprint density at radius 3 is 1.00 bits per heavy atom. The lowest BCUT2D eigenvalue weighted by molar-refractivity contribution is 0.175. The van der Waals surface area contributed by atoms with E-state index in [9.17, 15) is 14.8 Å². The summed E-state index contributed by atoms with van der Waals surface area (Å²) in [6.07, 6.45) is 26.3. The van der Waals surface area contributed by atoms with Gasteiger partial charge in [-0.1, -0.05) is 142 Å². The van der Waals surface area contributed by atoms with Gasteiger partial charge in [-0.3, -0.25) is 0 Å². The van der Waals surface area contributed by atoms with Crippen molar-refractivity contribution in [2.24, 2.45) is 0 Å². The largest absolute Gasteiger partial charge is 0.616 e. The van der Waals surface area contributed by atoms with Gasteiger partial charge in [0.05, 0.1) is 12.2 Å². The van der Waals surface area contributed by atoms with Crippen molar-refractivity contribution in [3.8, 4) is 0 Å². The number of aliphatic hydroxyl groups excluding tert-OH is 2. The lowest BCUT2D eigenvalue weighted by Crippen LogP contribution is -2.28. The van der Waals surface area contributed by atoms with Crippen LogP contribution in [-0.2, 0) is 11.2 Å². The molecular formula is C28H58O3S. The highest BCUT2D eigenvalue weighted by atomic mass is 32.2. The fraction of sp³-hybridized carbons (Fsp3) is 1.00. The van der Waals surface area contributed by atoms with Crippen LogP contribution in [0, 0.1) is 0 Å². The molecule has 2 unspecified atom stereocenters. The second-order valence-corrected chi connectivity index (χ2v) is 11.6. The maximum atomic E-state index is 12.2. The van der Waals surface area contributed by atoms with E-state index in [1.165, 1.54) is 116 Å². The summed E-state index contributed by atoms with van der Waals surface area (Å²) in [5.41, 5.74) is 0. The van der Waals surface area contributed by atoms with Gasteiger partial charge in [-0.25, -0.2) is 0 Å². The highest BCUT2D eigenvalue weighted by Gasteiger charge is 2.18. The molecule has 2 atom stereocenters. The average Bonchev–Trinajstić information content (AvgIpc) is 2.76. The highest BCUT2D eigenvalue weighted by molar-refractivity contribution is 7.91. The van der Waals surface area contributed by atoms with Crippen LogP contribution in [0.3, 0.4) is 0 Å². The van der Waals surface area contributed by atoms with Gasteiger partial charge in [0.15, 0.2) is 0 Å². The van der Waals surface area contributed by atoms with Crippen molar-refractivity contribution in [2.75, 3.05) is 11.5 Å². The Labute approximate surface area is 204 Å². The molecule has 32 heavy (non-hydrogen) atoms. The minimum atomic E-state index is -1.11. The predicted molar refractivity (Wildman–Crippen MR) is 143 cm³/mol. The Morgan fingerprint density at radius 2 is 0.719 bits per heavy atom. The number of aliphatic hydroxyl groups is 2. The van der Waals surface area contributed by atoms with Gasteiger partial charge in [-0.2, -0.15) is 0 Å². The first-order valence-corrected chi connectivity index (χ1v) is 15.8. The van der Waals surface area contributed by atoms with Gasteiger partial charge in [-0.05, 0) is 24.0 Å². The van der Waals surface area contributed by atoms with Gasteiger partial charge in [0.25, 0.3) is 0 Å². The van der Waals surface area contributed by atoms with E-state index in [1.54, 1.807) is 0 Å². The van der Waals surface area contributed by atoms with Crippen LogP contribution in [0.25, 0.3) is 0 Å². The third-order valence-corrected chi connectivity index (χ3v) is 8.05. The van der Waals surface area contributed by atoms with Gasteiger partial charge in [0.1, 0.15) is 11.5 Å². The quantitative estimate of drug-likeness (QED) is 0.0983. The second-order valence-electron chi connectivity index (χ2n) is 10.0. The van der Waals surface area contributed by atoms with Gasteiger partial charge < -0.3 is 14.8 Å². The number of hydrogen-bond donors (Lipinski definition) is 2. The van der Waals surface area contributed by atoms with Crippen LogP contribution in [0.2, 0.25) is 0 Å². The van der Waals surface area contributed by atoms with E-state index in [0.717, 1.165) is 25.7 Å². The maximum absolute atomic E-state index is 12.2. The van der Waals surface area contributed by atoms with Gasteiger partial charge in [-0.15, -0.1) is 0 Å². The van der Waals surface area contributed by atoms with Crippen LogP contribution in [-0.4, -0.2) is 38.5 Å². The average molecular weight is 475 g/mol. The zero-order valence-corrected chi connectivity index (χ0v) is 22.7. The molecule has 0 aliphatic carbocycles. The Kier molecular flexibility index (Phi) is 26.0. The van der Waals surface area contributed by atoms with E-state index in [-0.39, 0.29) is 0 Å². The number of unbranched alkanes of at least 4 members (excludes halogenated alkanes) is 18. The first kappa shape index (κ1) is 32.2.